The van der Waals surface area contributed by atoms with E-state index in [0.717, 1.165) is 0 Å². The number of amides is 6. The van der Waals surface area contributed by atoms with Crippen LogP contribution in [0.1, 0.15) is 72.8 Å². The van der Waals surface area contributed by atoms with Gasteiger partial charge in [0, 0.05) is 32.6 Å². The van der Waals surface area contributed by atoms with Crippen molar-refractivity contribution in [2.24, 2.45) is 23.5 Å². The van der Waals surface area contributed by atoms with Gasteiger partial charge in [0.25, 0.3) is 0 Å². The lowest BCUT2D eigenvalue weighted by molar-refractivity contribution is -0.141. The van der Waals surface area contributed by atoms with Crippen LogP contribution in [0.15, 0.2) is 24.3 Å². The monoisotopic (exact) mass is 648 g/mol. The first kappa shape index (κ1) is 39.7. The Labute approximate surface area is 271 Å². The number of rotatable bonds is 19. The van der Waals surface area contributed by atoms with Crippen LogP contribution in [0.2, 0.25) is 0 Å². The Bertz CT molecular complexity index is 1160. The van der Waals surface area contributed by atoms with E-state index in [4.69, 9.17) is 15.2 Å². The second kappa shape index (κ2) is 20.6. The number of likely N-dealkylation sites (N-methyl/N-ethyl adjacent to an activating group) is 1. The van der Waals surface area contributed by atoms with E-state index in [1.165, 1.54) is 18.9 Å². The number of urea groups is 1. The largest absolute Gasteiger partial charge is 0.464 e. The highest BCUT2D eigenvalue weighted by atomic mass is 16.6. The van der Waals surface area contributed by atoms with Gasteiger partial charge in [-0.25, -0.2) is 9.59 Å². The molecule has 6 N–H and O–H groups in total. The number of primary amides is 1. The van der Waals surface area contributed by atoms with E-state index in [-0.39, 0.29) is 44.5 Å². The molecule has 0 saturated carbocycles. The fraction of sp³-hybridized carbons (Fsp3) is 0.625. The van der Waals surface area contributed by atoms with Gasteiger partial charge in [-0.1, -0.05) is 46.8 Å². The Morgan fingerprint density at radius 3 is 2.09 bits per heavy atom. The average Bonchev–Trinajstić information content (AvgIpc) is 2.98. The summed E-state index contributed by atoms with van der Waals surface area (Å²) in [5, 5.41) is 10.8. The molecular weight excluding hydrogens is 596 g/mol. The van der Waals surface area contributed by atoms with Crippen LogP contribution in [0.4, 0.5) is 15.3 Å². The molecule has 0 aliphatic carbocycles. The van der Waals surface area contributed by atoms with Crippen molar-refractivity contribution in [3.8, 4) is 0 Å². The molecule has 0 spiro atoms. The zero-order valence-corrected chi connectivity index (χ0v) is 28.1. The number of benzene rings is 1. The lowest BCUT2D eigenvalue weighted by atomic mass is 9.93. The summed E-state index contributed by atoms with van der Waals surface area (Å²) in [5.41, 5.74) is 6.25. The molecule has 0 bridgehead atoms. The summed E-state index contributed by atoms with van der Waals surface area (Å²) in [5.74, 6) is -1.08. The summed E-state index contributed by atoms with van der Waals surface area (Å²) in [6.07, 6.45) is 0.952. The number of ether oxygens (including phenoxy) is 2. The summed E-state index contributed by atoms with van der Waals surface area (Å²) in [6, 6.07) is 4.11. The molecule has 1 unspecified atom stereocenters. The number of anilines is 1. The van der Waals surface area contributed by atoms with Gasteiger partial charge < -0.3 is 41.4 Å². The van der Waals surface area contributed by atoms with Gasteiger partial charge in [0.1, 0.15) is 25.3 Å². The van der Waals surface area contributed by atoms with Crippen molar-refractivity contribution in [2.75, 3.05) is 32.1 Å². The molecule has 0 aromatic heterocycles. The minimum atomic E-state index is -0.968. The van der Waals surface area contributed by atoms with Crippen LogP contribution in [0.5, 0.6) is 0 Å². The topological polar surface area (TPSA) is 198 Å². The average molecular weight is 649 g/mol. The molecule has 3 atom stereocenters. The summed E-state index contributed by atoms with van der Waals surface area (Å²) < 4.78 is 10.1. The zero-order valence-electron chi connectivity index (χ0n) is 28.1. The number of hydrogen-bond acceptors (Lipinski definition) is 8. The third-order valence-electron chi connectivity index (χ3n) is 7.46. The minimum Gasteiger partial charge on any atom is -0.464 e. The third-order valence-corrected chi connectivity index (χ3v) is 7.46. The number of carbonyl (C=O) groups is 6. The van der Waals surface area contributed by atoms with E-state index in [1.807, 2.05) is 13.8 Å². The van der Waals surface area contributed by atoms with Gasteiger partial charge in [0.2, 0.25) is 17.7 Å². The van der Waals surface area contributed by atoms with Gasteiger partial charge in [-0.15, -0.1) is 0 Å². The summed E-state index contributed by atoms with van der Waals surface area (Å²) in [6.45, 7) is 11.6. The first-order valence-electron chi connectivity index (χ1n) is 15.6. The highest BCUT2D eigenvalue weighted by Gasteiger charge is 2.29. The van der Waals surface area contributed by atoms with Crippen molar-refractivity contribution in [1.29, 1.82) is 0 Å². The molecule has 14 nitrogen and oxygen atoms in total. The van der Waals surface area contributed by atoms with Gasteiger partial charge in [-0.05, 0) is 54.7 Å². The number of nitrogens with zero attached hydrogens (tertiary/aromatic N) is 1. The fourth-order valence-electron chi connectivity index (χ4n) is 4.11. The number of hydrogen-bond donors (Lipinski definition) is 5. The minimum absolute atomic E-state index is 0.0186. The van der Waals surface area contributed by atoms with E-state index in [1.54, 1.807) is 24.3 Å². The van der Waals surface area contributed by atoms with E-state index in [0.29, 0.717) is 42.3 Å². The molecule has 1 aromatic rings. The Hall–Kier alpha value is -4.36. The molecular formula is C32H52N6O8. The molecule has 0 fully saturated rings. The molecule has 0 radical (unpaired) electrons. The maximum Gasteiger partial charge on any atom is 0.409 e. The third kappa shape index (κ3) is 16.1. The van der Waals surface area contributed by atoms with Crippen molar-refractivity contribution in [1.82, 2.24) is 20.9 Å². The second-order valence-corrected chi connectivity index (χ2v) is 12.0. The van der Waals surface area contributed by atoms with E-state index in [2.05, 4.69) is 42.0 Å². The maximum absolute atomic E-state index is 13.3. The van der Waals surface area contributed by atoms with E-state index < -0.39 is 42.0 Å². The van der Waals surface area contributed by atoms with Crippen LogP contribution >= 0.6 is 0 Å². The molecule has 1 rings (SSSR count). The Morgan fingerprint density at radius 1 is 0.870 bits per heavy atom. The molecule has 6 amide bonds. The van der Waals surface area contributed by atoms with Gasteiger partial charge in [-0.3, -0.25) is 19.2 Å². The predicted octanol–water partition coefficient (Wildman–Crippen LogP) is 2.90. The maximum atomic E-state index is 13.3. The molecule has 14 heteroatoms. The van der Waals surface area contributed by atoms with Crippen LogP contribution in [-0.4, -0.2) is 79.5 Å². The van der Waals surface area contributed by atoms with Crippen molar-refractivity contribution in [2.45, 2.75) is 85.9 Å². The summed E-state index contributed by atoms with van der Waals surface area (Å²) in [4.78, 5) is 74.7. The standard InChI is InChI=1S/C32H52N6O8/c1-20(2)22(5)10-15-27(40)37-28(21(3)4)30(42)36-26(9-8-16-34-31(33)43)29(41)35-25-13-11-24(12-14-25)19-46-32(44)38(7)17-18-45-23(6)39/h11-14,20-22,26,28H,8-10,15-19H2,1-7H3,(H,35,41)(H,36,42)(H,37,40)(H3,33,34,43)/t22?,26-,28-/m0/s1. The summed E-state index contributed by atoms with van der Waals surface area (Å²) >= 11 is 0. The SMILES string of the molecule is CC(=O)OCCN(C)C(=O)OCc1ccc(NC(=O)[C@H](CCCNC(N)=O)NC(=O)[C@@H](NC(=O)CCC(C)C(C)C)C(C)C)cc1. The molecule has 46 heavy (non-hydrogen) atoms. The number of nitrogens with two attached hydrogens (primary N) is 1. The molecule has 0 heterocycles. The predicted molar refractivity (Wildman–Crippen MR) is 173 cm³/mol. The number of esters is 1. The first-order valence-corrected chi connectivity index (χ1v) is 15.6. The van der Waals surface area contributed by atoms with Crippen molar-refractivity contribution < 1.29 is 38.2 Å². The molecule has 0 aliphatic rings. The fourth-order valence-corrected chi connectivity index (χ4v) is 4.11. The normalized spacial score (nSPS) is 12.8. The molecule has 258 valence electrons. The van der Waals surface area contributed by atoms with Gasteiger partial charge in [0.05, 0.1) is 6.54 Å². The van der Waals surface area contributed by atoms with Gasteiger partial charge >= 0.3 is 18.1 Å². The lowest BCUT2D eigenvalue weighted by Crippen LogP contribution is -2.54. The Balaban J connectivity index is 2.85. The molecule has 0 aliphatic heterocycles. The lowest BCUT2D eigenvalue weighted by Gasteiger charge is -2.26. The number of nitrogens with one attached hydrogen (secondary N) is 4. The van der Waals surface area contributed by atoms with Crippen LogP contribution in [0.25, 0.3) is 0 Å². The molecule has 1 aromatic carbocycles. The van der Waals surface area contributed by atoms with E-state index >= 15 is 0 Å². The van der Waals surface area contributed by atoms with Crippen LogP contribution < -0.4 is 27.0 Å². The van der Waals surface area contributed by atoms with Crippen LogP contribution in [0.3, 0.4) is 0 Å². The van der Waals surface area contributed by atoms with Gasteiger partial charge in [-0.2, -0.15) is 0 Å². The van der Waals surface area contributed by atoms with E-state index in [9.17, 15) is 28.8 Å². The highest BCUT2D eigenvalue weighted by Crippen LogP contribution is 2.16. The highest BCUT2D eigenvalue weighted by molar-refractivity contribution is 5.98. The first-order chi connectivity index (χ1) is 21.6. The van der Waals surface area contributed by atoms with Crippen LogP contribution in [0, 0.1) is 17.8 Å². The van der Waals surface area contributed by atoms with Crippen LogP contribution in [-0.2, 0) is 35.3 Å². The summed E-state index contributed by atoms with van der Waals surface area (Å²) in [7, 11) is 1.52. The second-order valence-electron chi connectivity index (χ2n) is 12.0. The smallest absolute Gasteiger partial charge is 0.409 e. The van der Waals surface area contributed by atoms with Crippen molar-refractivity contribution >= 4 is 41.5 Å². The molecule has 0 saturated heterocycles. The Morgan fingerprint density at radius 2 is 1.52 bits per heavy atom. The van der Waals surface area contributed by atoms with Crippen molar-refractivity contribution in [3.63, 3.8) is 0 Å². The Kier molecular flexibility index (Phi) is 17.8. The quantitative estimate of drug-likeness (QED) is 0.111. The zero-order chi connectivity index (χ0) is 34.8. The van der Waals surface area contributed by atoms with Gasteiger partial charge in [0.15, 0.2) is 0 Å². The van der Waals surface area contributed by atoms with Crippen molar-refractivity contribution in [3.05, 3.63) is 29.8 Å². The number of carbonyl (C=O) groups excluding carboxylic acids is 6.